The molecule has 1 aliphatic carbocycles. The van der Waals surface area contributed by atoms with Crippen molar-refractivity contribution in [3.63, 3.8) is 0 Å². The number of hydrogen-bond acceptors (Lipinski definition) is 6. The van der Waals surface area contributed by atoms with Crippen LogP contribution in [0, 0.1) is 5.82 Å². The number of ether oxygens (including phenoxy) is 1. The average molecular weight is 524 g/mol. The van der Waals surface area contributed by atoms with Gasteiger partial charge in [0.15, 0.2) is 0 Å². The molecule has 2 fully saturated rings. The molecule has 1 saturated carbocycles. The molecule has 0 radical (unpaired) electrons. The zero-order valence-corrected chi connectivity index (χ0v) is 22.1. The lowest BCUT2D eigenvalue weighted by molar-refractivity contribution is -0.134. The second-order valence-corrected chi connectivity index (χ2v) is 10.9. The van der Waals surface area contributed by atoms with Gasteiger partial charge < -0.3 is 19.1 Å². The number of carbonyl (C=O) groups excluding carboxylic acids is 2. The number of amides is 2. The van der Waals surface area contributed by atoms with E-state index in [-0.39, 0.29) is 36.9 Å². The Morgan fingerprint density at radius 1 is 1.08 bits per heavy atom. The largest absolute Gasteiger partial charge is 0.444 e. The highest BCUT2D eigenvalue weighted by atomic mass is 19.1. The summed E-state index contributed by atoms with van der Waals surface area (Å²) in [5.74, 6) is -0.0856. The molecule has 2 heterocycles. The van der Waals surface area contributed by atoms with Crippen molar-refractivity contribution in [1.29, 1.82) is 0 Å². The first kappa shape index (κ1) is 26.0. The third-order valence-corrected chi connectivity index (χ3v) is 6.60. The van der Waals surface area contributed by atoms with Gasteiger partial charge in [-0.2, -0.15) is 0 Å². The molecule has 0 atom stereocenters. The van der Waals surface area contributed by atoms with Crippen LogP contribution < -0.4 is 10.4 Å². The molecule has 2 amide bonds. The van der Waals surface area contributed by atoms with Crippen LogP contribution in [0.4, 0.5) is 14.9 Å². The van der Waals surface area contributed by atoms with E-state index in [2.05, 4.69) is 15.0 Å². The number of halogens is 1. The van der Waals surface area contributed by atoms with Gasteiger partial charge in [0.05, 0.1) is 29.7 Å². The zero-order chi connectivity index (χ0) is 26.9. The maximum Gasteiger partial charge on any atom is 0.410 e. The minimum absolute atomic E-state index is 0.0332. The van der Waals surface area contributed by atoms with Crippen LogP contribution in [0.25, 0.3) is 11.0 Å². The minimum atomic E-state index is -0.560. The summed E-state index contributed by atoms with van der Waals surface area (Å²) in [5.41, 5.74) is 4.70. The van der Waals surface area contributed by atoms with Gasteiger partial charge in [0.2, 0.25) is 0 Å². The lowest BCUT2D eigenvalue weighted by Gasteiger charge is -2.36. The fraction of sp³-hybridized carbons (Fsp3) is 0.464. The number of fused-ring (bicyclic) bond motifs is 1. The Morgan fingerprint density at radius 2 is 1.79 bits per heavy atom. The van der Waals surface area contributed by atoms with E-state index in [0.29, 0.717) is 43.2 Å². The van der Waals surface area contributed by atoms with Crippen molar-refractivity contribution in [2.45, 2.75) is 58.3 Å². The van der Waals surface area contributed by atoms with Crippen molar-refractivity contribution in [3.05, 3.63) is 59.7 Å². The number of hydroxylamine groups is 1. The van der Waals surface area contributed by atoms with Gasteiger partial charge in [0.1, 0.15) is 17.2 Å². The van der Waals surface area contributed by atoms with Gasteiger partial charge in [-0.1, -0.05) is 30.3 Å². The molecule has 9 nitrogen and oxygen atoms in total. The molecule has 1 aliphatic heterocycles. The molecule has 2 aromatic carbocycles. The number of hydrogen-bond donors (Lipinski definition) is 1. The fourth-order valence-corrected chi connectivity index (χ4v) is 4.67. The first-order chi connectivity index (χ1) is 18.2. The Balaban J connectivity index is 1.28. The highest BCUT2D eigenvalue weighted by molar-refractivity contribution is 5.83. The number of aromatic nitrogens is 2. The van der Waals surface area contributed by atoms with Gasteiger partial charge >= 0.3 is 6.09 Å². The predicted molar refractivity (Wildman–Crippen MR) is 141 cm³/mol. The van der Waals surface area contributed by atoms with E-state index in [1.54, 1.807) is 4.90 Å². The first-order valence-corrected chi connectivity index (χ1v) is 13.1. The maximum absolute atomic E-state index is 15.2. The molecule has 0 bridgehead atoms. The van der Waals surface area contributed by atoms with E-state index in [9.17, 15) is 9.59 Å². The number of piperazine rings is 1. The third-order valence-electron chi connectivity index (χ3n) is 6.60. The van der Waals surface area contributed by atoms with E-state index >= 15 is 4.39 Å². The van der Waals surface area contributed by atoms with Crippen LogP contribution in [0.15, 0.2) is 42.5 Å². The van der Waals surface area contributed by atoms with Crippen LogP contribution in [0.5, 0.6) is 0 Å². The summed E-state index contributed by atoms with van der Waals surface area (Å²) in [6.07, 6.45) is 1.67. The molecule has 0 unspecified atom stereocenters. The monoisotopic (exact) mass is 523 g/mol. The molecule has 10 heteroatoms. The van der Waals surface area contributed by atoms with Crippen molar-refractivity contribution in [2.24, 2.45) is 0 Å². The maximum atomic E-state index is 15.2. The normalized spacial score (nSPS) is 16.1. The summed E-state index contributed by atoms with van der Waals surface area (Å²) >= 11 is 0. The topological polar surface area (TPSA) is 88.9 Å². The zero-order valence-electron chi connectivity index (χ0n) is 22.1. The summed E-state index contributed by atoms with van der Waals surface area (Å²) in [6, 6.07) is 13.1. The van der Waals surface area contributed by atoms with Gasteiger partial charge in [-0.15, -0.1) is 0 Å². The molecular weight excluding hydrogens is 489 g/mol. The molecule has 202 valence electrons. The Labute approximate surface area is 221 Å². The average Bonchev–Trinajstić information content (AvgIpc) is 3.65. The molecule has 1 N–H and O–H groups in total. The van der Waals surface area contributed by atoms with E-state index in [1.807, 2.05) is 62.1 Å². The Bertz CT molecular complexity index is 1310. The Kier molecular flexibility index (Phi) is 7.25. The van der Waals surface area contributed by atoms with Crippen molar-refractivity contribution < 1.29 is 23.6 Å². The summed E-state index contributed by atoms with van der Waals surface area (Å²) in [7, 11) is 0. The number of rotatable bonds is 7. The molecule has 38 heavy (non-hydrogen) atoms. The number of nitrogens with one attached hydrogen (secondary N) is 1. The number of carbonyl (C=O) groups is 2. The standard InChI is InChI=1S/C28H34FN5O4/c1-28(2,3)38-27(36)33-13-11-32(12-14-33)23-16-24-22(15-21(23)29)30-25(34(24)20-9-10-20)17-26(35)31-37-18-19-7-5-4-6-8-19/h4-8,15-16,20H,9-14,17-18H2,1-3H3,(H,31,35). The number of anilines is 1. The van der Waals surface area contributed by atoms with Crippen LogP contribution in [0.2, 0.25) is 0 Å². The highest BCUT2D eigenvalue weighted by Crippen LogP contribution is 2.40. The molecular formula is C28H34FN5O4. The van der Waals surface area contributed by atoms with Crippen LogP contribution in [0.3, 0.4) is 0 Å². The van der Waals surface area contributed by atoms with E-state index in [0.717, 1.165) is 23.9 Å². The highest BCUT2D eigenvalue weighted by Gasteiger charge is 2.31. The molecule has 5 rings (SSSR count). The number of imidazole rings is 1. The molecule has 2 aliphatic rings. The predicted octanol–water partition coefficient (Wildman–Crippen LogP) is 4.36. The lowest BCUT2D eigenvalue weighted by atomic mass is 10.2. The lowest BCUT2D eigenvalue weighted by Crippen LogP contribution is -2.50. The van der Waals surface area contributed by atoms with Crippen molar-refractivity contribution >= 4 is 28.7 Å². The van der Waals surface area contributed by atoms with Gasteiger partial charge in [0, 0.05) is 38.3 Å². The second-order valence-electron chi connectivity index (χ2n) is 10.9. The van der Waals surface area contributed by atoms with Gasteiger partial charge in [0.25, 0.3) is 5.91 Å². The SMILES string of the molecule is CC(C)(C)OC(=O)N1CCN(c2cc3c(cc2F)nc(CC(=O)NOCc2ccccc2)n3C2CC2)CC1. The van der Waals surface area contributed by atoms with Crippen molar-refractivity contribution in [3.8, 4) is 0 Å². The van der Waals surface area contributed by atoms with Crippen LogP contribution in [0.1, 0.15) is 51.0 Å². The smallest absolute Gasteiger partial charge is 0.410 e. The van der Waals surface area contributed by atoms with E-state index < -0.39 is 5.60 Å². The number of benzene rings is 2. The Morgan fingerprint density at radius 3 is 2.45 bits per heavy atom. The van der Waals surface area contributed by atoms with Crippen molar-refractivity contribution in [2.75, 3.05) is 31.1 Å². The number of nitrogens with zero attached hydrogens (tertiary/aromatic N) is 4. The summed E-state index contributed by atoms with van der Waals surface area (Å²) in [5, 5.41) is 0. The van der Waals surface area contributed by atoms with E-state index in [4.69, 9.17) is 9.57 Å². The van der Waals surface area contributed by atoms with Crippen LogP contribution in [-0.4, -0.2) is 58.2 Å². The van der Waals surface area contributed by atoms with Crippen LogP contribution >= 0.6 is 0 Å². The second kappa shape index (κ2) is 10.6. The van der Waals surface area contributed by atoms with E-state index in [1.165, 1.54) is 6.07 Å². The van der Waals surface area contributed by atoms with Gasteiger partial charge in [-0.25, -0.2) is 19.6 Å². The Hall–Kier alpha value is -3.66. The minimum Gasteiger partial charge on any atom is -0.444 e. The molecule has 3 aromatic rings. The van der Waals surface area contributed by atoms with Crippen molar-refractivity contribution in [1.82, 2.24) is 19.9 Å². The molecule has 1 saturated heterocycles. The molecule has 0 spiro atoms. The first-order valence-electron chi connectivity index (χ1n) is 13.1. The van der Waals surface area contributed by atoms with Crippen LogP contribution in [-0.2, 0) is 27.4 Å². The quantitative estimate of drug-likeness (QED) is 0.463. The van der Waals surface area contributed by atoms with Gasteiger partial charge in [-0.3, -0.25) is 9.63 Å². The third kappa shape index (κ3) is 6.07. The summed E-state index contributed by atoms with van der Waals surface area (Å²) in [6.45, 7) is 7.66. The summed E-state index contributed by atoms with van der Waals surface area (Å²) in [4.78, 5) is 38.6. The summed E-state index contributed by atoms with van der Waals surface area (Å²) < 4.78 is 22.8. The fourth-order valence-electron chi connectivity index (χ4n) is 4.67. The van der Waals surface area contributed by atoms with Gasteiger partial charge in [-0.05, 0) is 45.2 Å². The molecule has 1 aromatic heterocycles.